The molecule has 0 N–H and O–H groups in total. The van der Waals surface area contributed by atoms with E-state index < -0.39 is 0 Å². The summed E-state index contributed by atoms with van der Waals surface area (Å²) in [6.45, 7) is 0. The first-order chi connectivity index (χ1) is 11.2. The van der Waals surface area contributed by atoms with Crippen LogP contribution < -0.4 is 0 Å². The van der Waals surface area contributed by atoms with Gasteiger partial charge in [-0.1, -0.05) is 23.9 Å². The lowest BCUT2D eigenvalue weighted by Gasteiger charge is -2.09. The lowest BCUT2D eigenvalue weighted by atomic mass is 10.00. The third-order valence-corrected chi connectivity index (χ3v) is 5.78. The van der Waals surface area contributed by atoms with Gasteiger partial charge >= 0.3 is 5.97 Å². The molecule has 0 radical (unpaired) electrons. The van der Waals surface area contributed by atoms with Crippen molar-refractivity contribution in [2.45, 2.75) is 35.5 Å². The minimum Gasteiger partial charge on any atom is -0.465 e. The summed E-state index contributed by atoms with van der Waals surface area (Å²) >= 11 is 1.65. The minimum absolute atomic E-state index is 0.246. The van der Waals surface area contributed by atoms with Gasteiger partial charge in [0.25, 0.3) is 0 Å². The number of benzene rings is 2. The van der Waals surface area contributed by atoms with Gasteiger partial charge in [-0.05, 0) is 54.2 Å². The van der Waals surface area contributed by atoms with Gasteiger partial charge in [0.05, 0.1) is 12.7 Å². The van der Waals surface area contributed by atoms with Crippen molar-refractivity contribution in [1.82, 2.24) is 0 Å². The predicted octanol–water partition coefficient (Wildman–Crippen LogP) is 3.85. The van der Waals surface area contributed by atoms with E-state index in [0.29, 0.717) is 12.0 Å². The first kappa shape index (κ1) is 14.5. The van der Waals surface area contributed by atoms with Crippen molar-refractivity contribution in [3.8, 4) is 0 Å². The highest BCUT2D eigenvalue weighted by atomic mass is 32.2. The summed E-state index contributed by atoms with van der Waals surface area (Å²) in [5.74, 6) is -0.0711. The zero-order valence-corrected chi connectivity index (χ0v) is 13.7. The van der Waals surface area contributed by atoms with Gasteiger partial charge in [0.15, 0.2) is 5.78 Å². The van der Waals surface area contributed by atoms with Crippen molar-refractivity contribution in [2.75, 3.05) is 7.11 Å². The standard InChI is InChI=1S/C19H16O3S/c1-22-19(21)14-5-3-11-2-4-13-8-12-6-7-16(20)15(12)10-18(13)23-17(11)9-14/h3,5,8-10H,2,4,6-7H2,1H3. The second-order valence-corrected chi connectivity index (χ2v) is 7.04. The highest BCUT2D eigenvalue weighted by Crippen LogP contribution is 2.40. The molecule has 0 bridgehead atoms. The van der Waals surface area contributed by atoms with Crippen molar-refractivity contribution in [2.24, 2.45) is 0 Å². The maximum absolute atomic E-state index is 12.0. The Labute approximate surface area is 139 Å². The molecule has 2 aromatic carbocycles. The molecule has 0 amide bonds. The topological polar surface area (TPSA) is 43.4 Å². The van der Waals surface area contributed by atoms with Crippen LogP contribution in [0.25, 0.3) is 0 Å². The quantitative estimate of drug-likeness (QED) is 0.747. The van der Waals surface area contributed by atoms with Gasteiger partial charge in [0, 0.05) is 21.8 Å². The third-order valence-electron chi connectivity index (χ3n) is 4.58. The summed E-state index contributed by atoms with van der Waals surface area (Å²) in [4.78, 5) is 26.0. The Balaban J connectivity index is 1.77. The second kappa shape index (κ2) is 5.53. The maximum Gasteiger partial charge on any atom is 0.337 e. The average molecular weight is 324 g/mol. The Morgan fingerprint density at radius 3 is 2.52 bits per heavy atom. The number of fused-ring (bicyclic) bond motifs is 3. The van der Waals surface area contributed by atoms with E-state index in [4.69, 9.17) is 4.74 Å². The van der Waals surface area contributed by atoms with Crippen LogP contribution in [0.3, 0.4) is 0 Å². The molecule has 1 heterocycles. The van der Waals surface area contributed by atoms with Crippen LogP contribution >= 0.6 is 11.8 Å². The number of rotatable bonds is 1. The van der Waals surface area contributed by atoms with Crippen molar-refractivity contribution < 1.29 is 14.3 Å². The van der Waals surface area contributed by atoms with Gasteiger partial charge in [-0.2, -0.15) is 0 Å². The molecule has 1 aliphatic carbocycles. The lowest BCUT2D eigenvalue weighted by molar-refractivity contribution is 0.0600. The molecule has 0 fully saturated rings. The zero-order chi connectivity index (χ0) is 16.0. The molecular weight excluding hydrogens is 308 g/mol. The summed E-state index contributed by atoms with van der Waals surface area (Å²) < 4.78 is 4.81. The van der Waals surface area contributed by atoms with Crippen LogP contribution in [0.4, 0.5) is 0 Å². The highest BCUT2D eigenvalue weighted by molar-refractivity contribution is 7.99. The van der Waals surface area contributed by atoms with Crippen LogP contribution in [0.2, 0.25) is 0 Å². The summed E-state index contributed by atoms with van der Waals surface area (Å²) in [6, 6.07) is 9.99. The van der Waals surface area contributed by atoms with E-state index in [9.17, 15) is 9.59 Å². The Morgan fingerprint density at radius 2 is 1.70 bits per heavy atom. The SMILES string of the molecule is COC(=O)c1ccc2c(c1)Sc1cc3c(cc1CC2)CCC3=O. The molecule has 1 aliphatic heterocycles. The normalized spacial score (nSPS) is 15.4. The largest absolute Gasteiger partial charge is 0.465 e. The average Bonchev–Trinajstić information content (AvgIpc) is 2.82. The van der Waals surface area contributed by atoms with Gasteiger partial charge in [-0.3, -0.25) is 4.79 Å². The van der Waals surface area contributed by atoms with Crippen LogP contribution in [-0.2, 0) is 24.0 Å². The third kappa shape index (κ3) is 2.47. The van der Waals surface area contributed by atoms with Crippen LogP contribution in [0, 0.1) is 0 Å². The molecule has 4 heteroatoms. The predicted molar refractivity (Wildman–Crippen MR) is 88.4 cm³/mol. The van der Waals surface area contributed by atoms with Gasteiger partial charge < -0.3 is 4.74 Å². The fourth-order valence-corrected chi connectivity index (χ4v) is 4.50. The van der Waals surface area contributed by atoms with Crippen LogP contribution in [0.15, 0.2) is 40.1 Å². The summed E-state index contributed by atoms with van der Waals surface area (Å²) in [5.41, 5.74) is 5.18. The Morgan fingerprint density at radius 1 is 0.957 bits per heavy atom. The number of methoxy groups -OCH3 is 1. The zero-order valence-electron chi connectivity index (χ0n) is 12.8. The molecule has 2 aromatic rings. The molecule has 3 nitrogen and oxygen atoms in total. The number of Topliss-reactive ketones (excluding diaryl/α,β-unsaturated/α-hetero) is 1. The fourth-order valence-electron chi connectivity index (χ4n) is 3.30. The van der Waals surface area contributed by atoms with Crippen molar-refractivity contribution in [3.05, 3.63) is 58.1 Å². The van der Waals surface area contributed by atoms with E-state index in [1.54, 1.807) is 11.8 Å². The highest BCUT2D eigenvalue weighted by Gasteiger charge is 2.24. The monoisotopic (exact) mass is 324 g/mol. The molecule has 0 saturated carbocycles. The van der Waals surface area contributed by atoms with Crippen LogP contribution in [-0.4, -0.2) is 18.9 Å². The Hall–Kier alpha value is -2.07. The molecule has 116 valence electrons. The van der Waals surface area contributed by atoms with E-state index in [1.807, 2.05) is 24.3 Å². The fraction of sp³-hybridized carbons (Fsp3) is 0.263. The molecule has 23 heavy (non-hydrogen) atoms. The number of hydrogen-bond donors (Lipinski definition) is 0. The Kier molecular flexibility index (Phi) is 3.49. The maximum atomic E-state index is 12.0. The molecule has 2 aliphatic rings. The lowest BCUT2D eigenvalue weighted by Crippen LogP contribution is -2.02. The number of carbonyl (C=O) groups excluding carboxylic acids is 2. The van der Waals surface area contributed by atoms with Gasteiger partial charge in [0.2, 0.25) is 0 Å². The molecule has 0 spiro atoms. The number of ketones is 1. The number of carbonyl (C=O) groups is 2. The summed E-state index contributed by atoms with van der Waals surface area (Å²) in [5, 5.41) is 0. The molecule has 0 atom stereocenters. The van der Waals surface area contributed by atoms with E-state index in [0.717, 1.165) is 34.6 Å². The number of hydrogen-bond acceptors (Lipinski definition) is 4. The Bertz CT molecular complexity index is 839. The molecular formula is C19H16O3S. The summed E-state index contributed by atoms with van der Waals surface area (Å²) in [6.07, 6.45) is 3.41. The van der Waals surface area contributed by atoms with Crippen LogP contribution in [0.5, 0.6) is 0 Å². The molecule has 4 rings (SSSR count). The van der Waals surface area contributed by atoms with Crippen molar-refractivity contribution >= 4 is 23.5 Å². The molecule has 0 aromatic heterocycles. The molecule has 0 saturated heterocycles. The minimum atomic E-state index is -0.318. The van der Waals surface area contributed by atoms with E-state index in [-0.39, 0.29) is 11.8 Å². The van der Waals surface area contributed by atoms with E-state index in [2.05, 4.69) is 6.07 Å². The van der Waals surface area contributed by atoms with Crippen LogP contribution in [0.1, 0.15) is 43.8 Å². The first-order valence-electron chi connectivity index (χ1n) is 7.74. The van der Waals surface area contributed by atoms with Crippen molar-refractivity contribution in [3.63, 3.8) is 0 Å². The first-order valence-corrected chi connectivity index (χ1v) is 8.55. The second-order valence-electron chi connectivity index (χ2n) is 5.96. The smallest absolute Gasteiger partial charge is 0.337 e. The number of esters is 1. The van der Waals surface area contributed by atoms with E-state index >= 15 is 0 Å². The van der Waals surface area contributed by atoms with Gasteiger partial charge in [0.1, 0.15) is 0 Å². The molecule has 0 unspecified atom stereocenters. The summed E-state index contributed by atoms with van der Waals surface area (Å²) in [7, 11) is 1.39. The van der Waals surface area contributed by atoms with Gasteiger partial charge in [-0.15, -0.1) is 0 Å². The van der Waals surface area contributed by atoms with Crippen molar-refractivity contribution in [1.29, 1.82) is 0 Å². The van der Waals surface area contributed by atoms with E-state index in [1.165, 1.54) is 23.8 Å². The number of ether oxygens (including phenoxy) is 1. The van der Waals surface area contributed by atoms with Gasteiger partial charge in [-0.25, -0.2) is 4.79 Å². The number of aryl methyl sites for hydroxylation is 3.